The fourth-order valence-electron chi connectivity index (χ4n) is 1.96. The molecule has 0 spiro atoms. The summed E-state index contributed by atoms with van der Waals surface area (Å²) in [5.74, 6) is -0.511. The van der Waals surface area contributed by atoms with Crippen molar-refractivity contribution in [2.75, 3.05) is 5.73 Å². The Hall–Kier alpha value is -1.39. The minimum atomic E-state index is -0.543. The van der Waals surface area contributed by atoms with Crippen LogP contribution in [0.4, 0.5) is 10.3 Å². The average molecular weight is 225 g/mol. The SMILES string of the molecule is Nc1ncc(F)c(OC2CCCCCC2)n1. The Labute approximate surface area is 94.0 Å². The van der Waals surface area contributed by atoms with Crippen molar-refractivity contribution in [1.29, 1.82) is 0 Å². The van der Waals surface area contributed by atoms with Crippen LogP contribution in [0.1, 0.15) is 38.5 Å². The maximum Gasteiger partial charge on any atom is 0.255 e. The average Bonchev–Trinajstić information content (AvgIpc) is 2.52. The molecule has 0 radical (unpaired) electrons. The predicted octanol–water partition coefficient (Wildman–Crippen LogP) is 2.30. The van der Waals surface area contributed by atoms with Crippen LogP contribution in [0.15, 0.2) is 6.20 Å². The topological polar surface area (TPSA) is 61.0 Å². The van der Waals surface area contributed by atoms with Crippen LogP contribution >= 0.6 is 0 Å². The number of nitrogens with zero attached hydrogens (tertiary/aromatic N) is 2. The molecule has 2 N–H and O–H groups in total. The highest BCUT2D eigenvalue weighted by atomic mass is 19.1. The van der Waals surface area contributed by atoms with E-state index in [4.69, 9.17) is 10.5 Å². The Morgan fingerprint density at radius 3 is 2.62 bits per heavy atom. The fourth-order valence-corrected chi connectivity index (χ4v) is 1.96. The summed E-state index contributed by atoms with van der Waals surface area (Å²) in [7, 11) is 0. The fraction of sp³-hybridized carbons (Fsp3) is 0.636. The highest BCUT2D eigenvalue weighted by molar-refractivity contribution is 5.22. The summed E-state index contributed by atoms with van der Waals surface area (Å²) in [5.41, 5.74) is 5.39. The number of rotatable bonds is 2. The summed E-state index contributed by atoms with van der Waals surface area (Å²) < 4.78 is 18.9. The van der Waals surface area contributed by atoms with E-state index >= 15 is 0 Å². The predicted molar refractivity (Wildman–Crippen MR) is 58.5 cm³/mol. The van der Waals surface area contributed by atoms with E-state index in [9.17, 15) is 4.39 Å². The Morgan fingerprint density at radius 2 is 1.94 bits per heavy atom. The molecule has 1 aromatic heterocycles. The molecule has 0 aliphatic heterocycles. The molecule has 1 heterocycles. The monoisotopic (exact) mass is 225 g/mol. The van der Waals surface area contributed by atoms with Gasteiger partial charge >= 0.3 is 0 Å². The number of hydrogen-bond acceptors (Lipinski definition) is 4. The van der Waals surface area contributed by atoms with Crippen molar-refractivity contribution in [3.05, 3.63) is 12.0 Å². The number of halogens is 1. The van der Waals surface area contributed by atoms with E-state index in [2.05, 4.69) is 9.97 Å². The van der Waals surface area contributed by atoms with Crippen LogP contribution in [-0.4, -0.2) is 16.1 Å². The molecule has 2 rings (SSSR count). The molecule has 5 heteroatoms. The summed E-state index contributed by atoms with van der Waals surface area (Å²) >= 11 is 0. The normalized spacial score (nSPS) is 18.1. The molecule has 0 bridgehead atoms. The first kappa shape index (κ1) is 11.1. The summed E-state index contributed by atoms with van der Waals surface area (Å²) in [6.45, 7) is 0. The smallest absolute Gasteiger partial charge is 0.255 e. The van der Waals surface area contributed by atoms with Crippen molar-refractivity contribution in [3.63, 3.8) is 0 Å². The molecule has 0 saturated heterocycles. The first-order valence-electron chi connectivity index (χ1n) is 5.70. The van der Waals surface area contributed by atoms with E-state index in [1.165, 1.54) is 12.8 Å². The molecule has 1 aromatic rings. The van der Waals surface area contributed by atoms with Crippen LogP contribution < -0.4 is 10.5 Å². The van der Waals surface area contributed by atoms with Crippen LogP contribution in [0.25, 0.3) is 0 Å². The Morgan fingerprint density at radius 1 is 1.25 bits per heavy atom. The van der Waals surface area contributed by atoms with E-state index in [0.29, 0.717) is 0 Å². The van der Waals surface area contributed by atoms with Gasteiger partial charge in [0, 0.05) is 0 Å². The summed E-state index contributed by atoms with van der Waals surface area (Å²) in [5, 5.41) is 0. The van der Waals surface area contributed by atoms with Gasteiger partial charge in [-0.3, -0.25) is 0 Å². The van der Waals surface area contributed by atoms with Crippen molar-refractivity contribution < 1.29 is 9.13 Å². The molecule has 0 unspecified atom stereocenters. The second-order valence-corrected chi connectivity index (χ2v) is 4.11. The molecule has 0 atom stereocenters. The van der Waals surface area contributed by atoms with Gasteiger partial charge < -0.3 is 10.5 Å². The third kappa shape index (κ3) is 2.81. The second kappa shape index (κ2) is 5.09. The zero-order chi connectivity index (χ0) is 11.4. The van der Waals surface area contributed by atoms with Gasteiger partial charge in [0.25, 0.3) is 5.88 Å². The zero-order valence-electron chi connectivity index (χ0n) is 9.16. The number of aromatic nitrogens is 2. The van der Waals surface area contributed by atoms with Crippen molar-refractivity contribution in [2.24, 2.45) is 0 Å². The maximum atomic E-state index is 13.3. The highest BCUT2D eigenvalue weighted by Gasteiger charge is 2.16. The molecule has 0 amide bonds. The van der Waals surface area contributed by atoms with E-state index in [-0.39, 0.29) is 17.9 Å². The van der Waals surface area contributed by atoms with Gasteiger partial charge in [0.15, 0.2) is 0 Å². The van der Waals surface area contributed by atoms with Crippen molar-refractivity contribution in [2.45, 2.75) is 44.6 Å². The number of nitrogens with two attached hydrogens (primary N) is 1. The molecule has 16 heavy (non-hydrogen) atoms. The van der Waals surface area contributed by atoms with Crippen molar-refractivity contribution >= 4 is 5.95 Å². The van der Waals surface area contributed by atoms with Gasteiger partial charge in [0.2, 0.25) is 11.8 Å². The summed E-state index contributed by atoms with van der Waals surface area (Å²) in [6.07, 6.45) is 7.76. The van der Waals surface area contributed by atoms with E-state index in [0.717, 1.165) is 31.9 Å². The minimum Gasteiger partial charge on any atom is -0.472 e. The molecular weight excluding hydrogens is 209 g/mol. The van der Waals surface area contributed by atoms with Crippen LogP contribution in [0.2, 0.25) is 0 Å². The molecular formula is C11H16FN3O. The largest absolute Gasteiger partial charge is 0.472 e. The van der Waals surface area contributed by atoms with Crippen LogP contribution in [0.5, 0.6) is 5.88 Å². The lowest BCUT2D eigenvalue weighted by atomic mass is 10.1. The van der Waals surface area contributed by atoms with E-state index < -0.39 is 5.82 Å². The van der Waals surface area contributed by atoms with E-state index in [1.807, 2.05) is 0 Å². The molecule has 4 nitrogen and oxygen atoms in total. The third-order valence-corrected chi connectivity index (χ3v) is 2.81. The van der Waals surface area contributed by atoms with Crippen LogP contribution in [0, 0.1) is 5.82 Å². The molecule has 1 saturated carbocycles. The molecule has 1 aliphatic carbocycles. The minimum absolute atomic E-state index is 0.0144. The van der Waals surface area contributed by atoms with Crippen LogP contribution in [-0.2, 0) is 0 Å². The Bertz CT molecular complexity index is 351. The zero-order valence-corrected chi connectivity index (χ0v) is 9.16. The lowest BCUT2D eigenvalue weighted by Gasteiger charge is -2.16. The van der Waals surface area contributed by atoms with E-state index in [1.54, 1.807) is 0 Å². The van der Waals surface area contributed by atoms with Gasteiger partial charge in [-0.05, 0) is 25.7 Å². The van der Waals surface area contributed by atoms with Gasteiger partial charge in [-0.25, -0.2) is 4.98 Å². The molecule has 0 aromatic carbocycles. The van der Waals surface area contributed by atoms with Gasteiger partial charge in [0.05, 0.1) is 6.20 Å². The number of nitrogen functional groups attached to an aromatic ring is 1. The standard InChI is InChI=1S/C11H16FN3O/c12-9-7-14-11(13)15-10(9)16-8-5-3-1-2-4-6-8/h7-8H,1-6H2,(H2,13,14,15). The molecule has 1 fully saturated rings. The Balaban J connectivity index is 2.04. The van der Waals surface area contributed by atoms with Crippen molar-refractivity contribution in [3.8, 4) is 5.88 Å². The van der Waals surface area contributed by atoms with Crippen molar-refractivity contribution in [1.82, 2.24) is 9.97 Å². The third-order valence-electron chi connectivity index (χ3n) is 2.81. The van der Waals surface area contributed by atoms with Gasteiger partial charge in [-0.1, -0.05) is 12.8 Å². The maximum absolute atomic E-state index is 13.3. The quantitative estimate of drug-likeness (QED) is 0.784. The highest BCUT2D eigenvalue weighted by Crippen LogP contribution is 2.23. The number of anilines is 1. The van der Waals surface area contributed by atoms with Gasteiger partial charge in [0.1, 0.15) is 6.10 Å². The number of ether oxygens (including phenoxy) is 1. The summed E-state index contributed by atoms with van der Waals surface area (Å²) in [6, 6.07) is 0. The number of hydrogen-bond donors (Lipinski definition) is 1. The first-order valence-corrected chi connectivity index (χ1v) is 5.70. The molecule has 1 aliphatic rings. The Kier molecular flexibility index (Phi) is 3.54. The lowest BCUT2D eigenvalue weighted by Crippen LogP contribution is -2.17. The lowest BCUT2D eigenvalue weighted by molar-refractivity contribution is 0.167. The van der Waals surface area contributed by atoms with Crippen LogP contribution in [0.3, 0.4) is 0 Å². The van der Waals surface area contributed by atoms with Gasteiger partial charge in [-0.2, -0.15) is 9.37 Å². The molecule has 88 valence electrons. The van der Waals surface area contributed by atoms with Gasteiger partial charge in [-0.15, -0.1) is 0 Å². The second-order valence-electron chi connectivity index (χ2n) is 4.11. The summed E-state index contributed by atoms with van der Waals surface area (Å²) in [4.78, 5) is 7.33. The first-order chi connectivity index (χ1) is 7.75.